The van der Waals surface area contributed by atoms with Crippen LogP contribution < -0.4 is 10.0 Å². The quantitative estimate of drug-likeness (QED) is 0.849. The molecular weight excluding hydrogens is 340 g/mol. The zero-order valence-corrected chi connectivity index (χ0v) is 15.2. The number of fused-ring (bicyclic) bond motifs is 1. The second kappa shape index (κ2) is 6.87. The van der Waals surface area contributed by atoms with Gasteiger partial charge in [0.05, 0.1) is 24.2 Å². The van der Waals surface area contributed by atoms with Crippen molar-refractivity contribution in [3.63, 3.8) is 0 Å². The topological polar surface area (TPSA) is 93.1 Å². The fourth-order valence-electron chi connectivity index (χ4n) is 2.90. The van der Waals surface area contributed by atoms with Gasteiger partial charge in [0.25, 0.3) is 5.91 Å². The fraction of sp³-hybridized carbons (Fsp3) is 0.412. The molecule has 7 nitrogen and oxygen atoms in total. The monoisotopic (exact) mass is 362 g/mol. The van der Waals surface area contributed by atoms with Crippen molar-refractivity contribution in [2.75, 3.05) is 11.0 Å². The van der Waals surface area contributed by atoms with Crippen LogP contribution in [-0.2, 0) is 29.5 Å². The highest BCUT2D eigenvalue weighted by atomic mass is 32.2. The van der Waals surface area contributed by atoms with E-state index in [1.807, 2.05) is 6.20 Å². The minimum absolute atomic E-state index is 0.262. The highest BCUT2D eigenvalue weighted by molar-refractivity contribution is 7.92. The lowest BCUT2D eigenvalue weighted by atomic mass is 10.1. The molecule has 0 fully saturated rings. The Labute approximate surface area is 147 Å². The van der Waals surface area contributed by atoms with Crippen LogP contribution >= 0.6 is 0 Å². The summed E-state index contributed by atoms with van der Waals surface area (Å²) in [5.74, 6) is 0.813. The molecule has 2 heterocycles. The summed E-state index contributed by atoms with van der Waals surface area (Å²) in [5, 5.41) is 2.84. The van der Waals surface area contributed by atoms with Gasteiger partial charge in [-0.3, -0.25) is 9.52 Å². The van der Waals surface area contributed by atoms with Gasteiger partial charge in [-0.1, -0.05) is 6.07 Å². The maximum Gasteiger partial charge on any atom is 0.251 e. The first kappa shape index (κ1) is 17.5. The normalized spacial score (nSPS) is 14.0. The van der Waals surface area contributed by atoms with Crippen molar-refractivity contribution in [3.05, 3.63) is 47.0 Å². The number of benzene rings is 1. The summed E-state index contributed by atoms with van der Waals surface area (Å²) in [4.78, 5) is 16.9. The number of sulfonamides is 1. The molecule has 2 aromatic rings. The Morgan fingerprint density at radius 2 is 2.12 bits per heavy atom. The number of nitrogens with zero attached hydrogens (tertiary/aromatic N) is 2. The molecule has 0 aliphatic carbocycles. The van der Waals surface area contributed by atoms with E-state index in [9.17, 15) is 13.2 Å². The number of carbonyl (C=O) groups excluding carboxylic acids is 1. The molecule has 3 rings (SSSR count). The molecular formula is C17H22N4O3S. The molecule has 1 aromatic heterocycles. The summed E-state index contributed by atoms with van der Waals surface area (Å²) in [6.07, 6.45) is 6.36. The van der Waals surface area contributed by atoms with Gasteiger partial charge in [0.1, 0.15) is 5.82 Å². The SMILES string of the molecule is Cc1ccc(C(=O)NCc2cn3c(n2)CCCC3)cc1NS(C)(=O)=O. The molecule has 0 atom stereocenters. The lowest BCUT2D eigenvalue weighted by molar-refractivity contribution is 0.0950. The predicted octanol–water partition coefficient (Wildman–Crippen LogP) is 1.83. The first-order valence-corrected chi connectivity index (χ1v) is 10.1. The molecule has 1 aliphatic heterocycles. The van der Waals surface area contributed by atoms with Crippen molar-refractivity contribution in [3.8, 4) is 0 Å². The minimum Gasteiger partial charge on any atom is -0.346 e. The molecule has 0 radical (unpaired) electrons. The Morgan fingerprint density at radius 1 is 1.32 bits per heavy atom. The first-order chi connectivity index (χ1) is 11.8. The second-order valence-corrected chi connectivity index (χ2v) is 8.13. The van der Waals surface area contributed by atoms with Gasteiger partial charge in [0.15, 0.2) is 0 Å². The number of nitrogens with one attached hydrogen (secondary N) is 2. The highest BCUT2D eigenvalue weighted by Crippen LogP contribution is 2.18. The van der Waals surface area contributed by atoms with Crippen LogP contribution in [0.3, 0.4) is 0 Å². The Bertz CT molecular complexity index is 879. The highest BCUT2D eigenvalue weighted by Gasteiger charge is 2.14. The van der Waals surface area contributed by atoms with E-state index in [1.165, 1.54) is 0 Å². The number of imidazole rings is 1. The fourth-order valence-corrected chi connectivity index (χ4v) is 3.52. The second-order valence-electron chi connectivity index (χ2n) is 6.39. The molecule has 1 aliphatic rings. The van der Waals surface area contributed by atoms with Gasteiger partial charge < -0.3 is 9.88 Å². The van der Waals surface area contributed by atoms with Crippen LogP contribution in [-0.4, -0.2) is 30.1 Å². The van der Waals surface area contributed by atoms with Gasteiger partial charge in [-0.05, 0) is 37.5 Å². The van der Waals surface area contributed by atoms with E-state index < -0.39 is 10.0 Å². The standard InChI is InChI=1S/C17H22N4O3S/c1-12-6-7-13(9-15(12)20-25(2,23)24)17(22)18-10-14-11-21-8-4-3-5-16(21)19-14/h6-7,9,11,20H,3-5,8,10H2,1-2H3,(H,18,22). The minimum atomic E-state index is -3.39. The van der Waals surface area contributed by atoms with Crippen LogP contribution in [0.15, 0.2) is 24.4 Å². The van der Waals surface area contributed by atoms with E-state index in [0.717, 1.165) is 49.1 Å². The Hall–Kier alpha value is -2.35. The van der Waals surface area contributed by atoms with Crippen LogP contribution in [0.1, 0.15) is 40.3 Å². The summed E-state index contributed by atoms with van der Waals surface area (Å²) in [6, 6.07) is 4.94. The van der Waals surface area contributed by atoms with Gasteiger partial charge in [0.2, 0.25) is 10.0 Å². The summed E-state index contributed by atoms with van der Waals surface area (Å²) in [7, 11) is -3.39. The van der Waals surface area contributed by atoms with Crippen LogP contribution in [0.5, 0.6) is 0 Å². The average Bonchev–Trinajstić information content (AvgIpc) is 2.96. The van der Waals surface area contributed by atoms with E-state index in [2.05, 4.69) is 19.6 Å². The number of anilines is 1. The lowest BCUT2D eigenvalue weighted by Gasteiger charge is -2.11. The van der Waals surface area contributed by atoms with E-state index >= 15 is 0 Å². The molecule has 1 aromatic carbocycles. The van der Waals surface area contributed by atoms with Crippen LogP contribution in [0.4, 0.5) is 5.69 Å². The molecule has 1 amide bonds. The maximum atomic E-state index is 12.4. The number of hydrogen-bond donors (Lipinski definition) is 2. The van der Waals surface area contributed by atoms with Crippen molar-refractivity contribution in [1.82, 2.24) is 14.9 Å². The van der Waals surface area contributed by atoms with Crippen molar-refractivity contribution in [1.29, 1.82) is 0 Å². The summed E-state index contributed by atoms with van der Waals surface area (Å²) in [6.45, 7) is 3.11. The number of aromatic nitrogens is 2. The Balaban J connectivity index is 1.68. The lowest BCUT2D eigenvalue weighted by Crippen LogP contribution is -2.23. The molecule has 0 bridgehead atoms. The zero-order chi connectivity index (χ0) is 18.0. The van der Waals surface area contributed by atoms with Gasteiger partial charge in [0, 0.05) is 24.7 Å². The van der Waals surface area contributed by atoms with E-state index in [-0.39, 0.29) is 5.91 Å². The van der Waals surface area contributed by atoms with Crippen molar-refractivity contribution in [2.45, 2.75) is 39.3 Å². The molecule has 0 saturated carbocycles. The molecule has 0 spiro atoms. The number of amides is 1. The van der Waals surface area contributed by atoms with Crippen molar-refractivity contribution < 1.29 is 13.2 Å². The molecule has 25 heavy (non-hydrogen) atoms. The molecule has 0 saturated heterocycles. The molecule has 2 N–H and O–H groups in total. The van der Waals surface area contributed by atoms with Crippen LogP contribution in [0, 0.1) is 6.92 Å². The van der Waals surface area contributed by atoms with Crippen LogP contribution in [0.25, 0.3) is 0 Å². The van der Waals surface area contributed by atoms with Crippen LogP contribution in [0.2, 0.25) is 0 Å². The first-order valence-electron chi connectivity index (χ1n) is 8.23. The average molecular weight is 362 g/mol. The van der Waals surface area contributed by atoms with Gasteiger partial charge >= 0.3 is 0 Å². The summed E-state index contributed by atoms with van der Waals surface area (Å²) in [5.41, 5.74) is 2.41. The smallest absolute Gasteiger partial charge is 0.251 e. The number of carbonyl (C=O) groups is 1. The largest absolute Gasteiger partial charge is 0.346 e. The van der Waals surface area contributed by atoms with Gasteiger partial charge in [-0.15, -0.1) is 0 Å². The maximum absolute atomic E-state index is 12.4. The number of rotatable bonds is 5. The third kappa shape index (κ3) is 4.39. The molecule has 134 valence electrons. The predicted molar refractivity (Wildman–Crippen MR) is 96.0 cm³/mol. The van der Waals surface area contributed by atoms with Crippen molar-refractivity contribution >= 4 is 21.6 Å². The molecule has 0 unspecified atom stereocenters. The van der Waals surface area contributed by atoms with E-state index in [0.29, 0.717) is 17.8 Å². The summed E-state index contributed by atoms with van der Waals surface area (Å²) >= 11 is 0. The van der Waals surface area contributed by atoms with E-state index in [1.54, 1.807) is 25.1 Å². The number of aryl methyl sites for hydroxylation is 3. The summed E-state index contributed by atoms with van der Waals surface area (Å²) < 4.78 is 27.4. The Kier molecular flexibility index (Phi) is 4.80. The van der Waals surface area contributed by atoms with E-state index in [4.69, 9.17) is 0 Å². The third-order valence-electron chi connectivity index (χ3n) is 4.18. The van der Waals surface area contributed by atoms with Gasteiger partial charge in [-0.25, -0.2) is 13.4 Å². The van der Waals surface area contributed by atoms with Gasteiger partial charge in [-0.2, -0.15) is 0 Å². The Morgan fingerprint density at radius 3 is 2.84 bits per heavy atom. The third-order valence-corrected chi connectivity index (χ3v) is 4.77. The molecule has 8 heteroatoms. The number of hydrogen-bond acceptors (Lipinski definition) is 4. The zero-order valence-electron chi connectivity index (χ0n) is 14.4. The van der Waals surface area contributed by atoms with Crippen molar-refractivity contribution in [2.24, 2.45) is 0 Å².